The van der Waals surface area contributed by atoms with E-state index in [1.807, 2.05) is 38.3 Å². The maximum absolute atomic E-state index is 11.7. The van der Waals surface area contributed by atoms with E-state index in [1.54, 1.807) is 0 Å². The van der Waals surface area contributed by atoms with Gasteiger partial charge < -0.3 is 20.4 Å². The first kappa shape index (κ1) is 24.3. The molecule has 0 atom stereocenters. The van der Waals surface area contributed by atoms with Crippen LogP contribution in [0.4, 0.5) is 24.5 Å². The zero-order valence-electron chi connectivity index (χ0n) is 17.7. The third kappa shape index (κ3) is 7.09. The van der Waals surface area contributed by atoms with Crippen LogP contribution in [-0.4, -0.2) is 24.8 Å². The van der Waals surface area contributed by atoms with E-state index in [2.05, 4.69) is 51.2 Å². The minimum absolute atomic E-state index is 0.325. The second-order valence-corrected chi connectivity index (χ2v) is 6.39. The second-order valence-electron chi connectivity index (χ2n) is 6.39. The summed E-state index contributed by atoms with van der Waals surface area (Å²) in [6.07, 6.45) is 1.70. The molecule has 0 fully saturated rings. The molecule has 0 saturated carbocycles. The molecule has 8 heteroatoms. The molecule has 1 amide bonds. The maximum atomic E-state index is 11.7. The molecule has 0 aliphatic carbocycles. The number of amides is 1. The molecule has 0 aliphatic rings. The monoisotopic (exact) mass is 443 g/mol. The van der Waals surface area contributed by atoms with Gasteiger partial charge in [-0.2, -0.15) is 0 Å². The Hall–Kier alpha value is -3.94. The van der Waals surface area contributed by atoms with Crippen LogP contribution in [0, 0.1) is 0 Å². The number of nitrogens with one attached hydrogen (secondary N) is 3. The summed E-state index contributed by atoms with van der Waals surface area (Å²) in [7, 11) is 1.93. The van der Waals surface area contributed by atoms with Crippen LogP contribution in [0.15, 0.2) is 67.3 Å². The van der Waals surface area contributed by atoms with Crippen LogP contribution in [0.25, 0.3) is 23.4 Å². The van der Waals surface area contributed by atoms with Crippen molar-refractivity contribution < 1.29 is 22.7 Å². The van der Waals surface area contributed by atoms with Crippen LogP contribution < -0.4 is 15.4 Å². The van der Waals surface area contributed by atoms with Crippen LogP contribution in [0.3, 0.4) is 0 Å². The van der Waals surface area contributed by atoms with E-state index in [4.69, 9.17) is 0 Å². The van der Waals surface area contributed by atoms with Crippen molar-refractivity contribution in [3.63, 3.8) is 0 Å². The Balaban J connectivity index is 0.000000235. The molecule has 0 spiro atoms. The second kappa shape index (κ2) is 11.5. The number of carbonyl (C=O) groups excluding carboxylic acids is 1. The summed E-state index contributed by atoms with van der Waals surface area (Å²) in [5.74, 6) is -0.325. The number of ether oxygens (including phenoxy) is 1. The number of rotatable bonds is 7. The predicted molar refractivity (Wildman–Crippen MR) is 123 cm³/mol. The molecule has 1 aromatic heterocycles. The fourth-order valence-electron chi connectivity index (χ4n) is 2.87. The maximum Gasteiger partial charge on any atom is 0.573 e. The van der Waals surface area contributed by atoms with Gasteiger partial charge in [-0.05, 0) is 55.0 Å². The lowest BCUT2D eigenvalue weighted by molar-refractivity contribution is -0.274. The van der Waals surface area contributed by atoms with Gasteiger partial charge in [0, 0.05) is 35.4 Å². The number of benzene rings is 2. The first-order chi connectivity index (χ1) is 15.3. The molecule has 0 aliphatic heterocycles. The molecule has 0 saturated heterocycles. The average Bonchev–Trinajstić information content (AvgIpc) is 3.18. The summed E-state index contributed by atoms with van der Waals surface area (Å²) in [5, 5.41) is 5.49. The van der Waals surface area contributed by atoms with E-state index in [-0.39, 0.29) is 5.75 Å². The predicted octanol–water partition coefficient (Wildman–Crippen LogP) is 6.55. The number of anilines is 2. The highest BCUT2D eigenvalue weighted by atomic mass is 19.4. The van der Waals surface area contributed by atoms with E-state index in [9.17, 15) is 18.0 Å². The molecule has 32 heavy (non-hydrogen) atoms. The molecule has 3 rings (SSSR count). The van der Waals surface area contributed by atoms with Crippen molar-refractivity contribution in [2.75, 3.05) is 17.7 Å². The minimum Gasteiger partial charge on any atom is -0.406 e. The van der Waals surface area contributed by atoms with Crippen molar-refractivity contribution in [3.05, 3.63) is 78.5 Å². The number of carbonyl (C=O) groups is 1. The Morgan fingerprint density at radius 3 is 2.34 bits per heavy atom. The van der Waals surface area contributed by atoms with Crippen molar-refractivity contribution >= 4 is 29.9 Å². The lowest BCUT2D eigenvalue weighted by Crippen LogP contribution is -2.17. The van der Waals surface area contributed by atoms with Gasteiger partial charge in [0.1, 0.15) is 5.75 Å². The zero-order chi connectivity index (χ0) is 23.6. The van der Waals surface area contributed by atoms with Crippen molar-refractivity contribution in [3.8, 4) is 17.0 Å². The lowest BCUT2D eigenvalue weighted by Gasteiger charge is -2.08. The minimum atomic E-state index is -4.69. The molecular formula is C24H24F3N3O2. The van der Waals surface area contributed by atoms with Crippen molar-refractivity contribution in [2.45, 2.75) is 13.3 Å². The Morgan fingerprint density at radius 1 is 1.09 bits per heavy atom. The van der Waals surface area contributed by atoms with Gasteiger partial charge in [0.2, 0.25) is 6.41 Å². The van der Waals surface area contributed by atoms with Gasteiger partial charge in [0.05, 0.1) is 0 Å². The molecule has 3 aromatic rings. The molecule has 0 bridgehead atoms. The molecule has 0 radical (unpaired) electrons. The Kier molecular flexibility index (Phi) is 8.71. The SMILES string of the molecule is C=Cc1[nH]c(-c2ccccc2NC)cc1/C=C\C.O=CNc1ccc(OC(F)(F)F)cc1. The highest BCUT2D eigenvalue weighted by Crippen LogP contribution is 2.29. The van der Waals surface area contributed by atoms with Crippen LogP contribution in [0.5, 0.6) is 5.75 Å². The standard InChI is InChI=1S/C16H18N2.C8H6F3NO2/c1-4-8-12-11-16(18-14(12)5-2)13-9-6-7-10-15(13)17-3;9-8(10,11)14-7-3-1-6(2-4-7)12-5-13/h4-11,17-18H,2H2,1,3H3;1-5H,(H,12,13)/b8-4-;. The average molecular weight is 443 g/mol. The highest BCUT2D eigenvalue weighted by Gasteiger charge is 2.30. The van der Waals surface area contributed by atoms with E-state index in [0.717, 1.165) is 34.8 Å². The summed E-state index contributed by atoms with van der Waals surface area (Å²) in [6.45, 7) is 5.86. The smallest absolute Gasteiger partial charge is 0.406 e. The summed E-state index contributed by atoms with van der Waals surface area (Å²) in [5.41, 5.74) is 5.99. The van der Waals surface area contributed by atoms with E-state index < -0.39 is 6.36 Å². The highest BCUT2D eigenvalue weighted by molar-refractivity contribution is 5.79. The number of para-hydroxylation sites is 1. The third-order valence-corrected chi connectivity index (χ3v) is 4.23. The number of hydrogen-bond donors (Lipinski definition) is 3. The summed E-state index contributed by atoms with van der Waals surface area (Å²) in [4.78, 5) is 13.4. The van der Waals surface area contributed by atoms with E-state index in [0.29, 0.717) is 12.1 Å². The van der Waals surface area contributed by atoms with Gasteiger partial charge in [-0.1, -0.05) is 36.9 Å². The molecular weight excluding hydrogens is 419 g/mol. The number of aromatic nitrogens is 1. The van der Waals surface area contributed by atoms with Crippen molar-refractivity contribution in [1.82, 2.24) is 4.98 Å². The van der Waals surface area contributed by atoms with Gasteiger partial charge in [-0.3, -0.25) is 4.79 Å². The topological polar surface area (TPSA) is 66.2 Å². The third-order valence-electron chi connectivity index (χ3n) is 4.23. The van der Waals surface area contributed by atoms with Crippen molar-refractivity contribution in [2.24, 2.45) is 0 Å². The Labute approximate surface area is 184 Å². The van der Waals surface area contributed by atoms with Gasteiger partial charge in [0.25, 0.3) is 0 Å². The normalized spacial score (nSPS) is 10.8. The molecule has 0 unspecified atom stereocenters. The lowest BCUT2D eigenvalue weighted by atomic mass is 10.1. The fraction of sp³-hybridized carbons (Fsp3) is 0.125. The molecule has 3 N–H and O–H groups in total. The van der Waals surface area contributed by atoms with E-state index >= 15 is 0 Å². The summed E-state index contributed by atoms with van der Waals surface area (Å²) in [6, 6.07) is 15.2. The zero-order valence-corrected chi connectivity index (χ0v) is 17.7. The van der Waals surface area contributed by atoms with Crippen LogP contribution in [-0.2, 0) is 4.79 Å². The van der Waals surface area contributed by atoms with Crippen molar-refractivity contribution in [1.29, 1.82) is 0 Å². The summed E-state index contributed by atoms with van der Waals surface area (Å²) < 4.78 is 38.7. The molecule has 1 heterocycles. The summed E-state index contributed by atoms with van der Waals surface area (Å²) >= 11 is 0. The van der Waals surface area contributed by atoms with Crippen LogP contribution in [0.1, 0.15) is 18.2 Å². The first-order valence-electron chi connectivity index (χ1n) is 9.62. The fourth-order valence-corrected chi connectivity index (χ4v) is 2.87. The molecule has 2 aromatic carbocycles. The Morgan fingerprint density at radius 2 is 1.78 bits per heavy atom. The van der Waals surface area contributed by atoms with Gasteiger partial charge in [-0.15, -0.1) is 13.2 Å². The molecule has 168 valence electrons. The van der Waals surface area contributed by atoms with Gasteiger partial charge in [0.15, 0.2) is 0 Å². The quantitative estimate of drug-likeness (QED) is 0.363. The Bertz CT molecular complexity index is 1060. The van der Waals surface area contributed by atoms with Crippen LogP contribution in [0.2, 0.25) is 0 Å². The number of aromatic amines is 1. The number of halogens is 3. The number of H-pyrrole nitrogens is 1. The number of alkyl halides is 3. The largest absolute Gasteiger partial charge is 0.573 e. The van der Waals surface area contributed by atoms with Gasteiger partial charge in [-0.25, -0.2) is 0 Å². The number of allylic oxidation sites excluding steroid dienone is 1. The van der Waals surface area contributed by atoms with Crippen LogP contribution >= 0.6 is 0 Å². The molecule has 5 nitrogen and oxygen atoms in total. The number of hydrogen-bond acceptors (Lipinski definition) is 3. The van der Waals surface area contributed by atoms with E-state index in [1.165, 1.54) is 17.7 Å². The first-order valence-corrected chi connectivity index (χ1v) is 9.62. The van der Waals surface area contributed by atoms with Gasteiger partial charge >= 0.3 is 6.36 Å².